The first-order valence-electron chi connectivity index (χ1n) is 7.76. The Balaban J connectivity index is 1.62. The lowest BCUT2D eigenvalue weighted by Crippen LogP contribution is -2.25. The van der Waals surface area contributed by atoms with Crippen LogP contribution in [0.15, 0.2) is 24.5 Å². The van der Waals surface area contributed by atoms with Gasteiger partial charge in [-0.15, -0.1) is 5.10 Å². The molecule has 0 aliphatic carbocycles. The van der Waals surface area contributed by atoms with Gasteiger partial charge in [-0.3, -0.25) is 9.89 Å². The van der Waals surface area contributed by atoms with Gasteiger partial charge in [-0.1, -0.05) is 0 Å². The smallest absolute Gasteiger partial charge is 0.276 e. The van der Waals surface area contributed by atoms with Gasteiger partial charge in [0, 0.05) is 36.5 Å². The molecule has 3 aromatic rings. The number of carbonyl (C=O) groups is 1. The van der Waals surface area contributed by atoms with Crippen LogP contribution in [-0.4, -0.2) is 50.0 Å². The first-order valence-corrected chi connectivity index (χ1v) is 7.76. The third-order valence-corrected chi connectivity index (χ3v) is 4.05. The number of anilines is 1. The minimum absolute atomic E-state index is 0.269. The summed E-state index contributed by atoms with van der Waals surface area (Å²) >= 11 is 0. The highest BCUT2D eigenvalue weighted by Crippen LogP contribution is 2.26. The van der Waals surface area contributed by atoms with Crippen molar-refractivity contribution in [3.63, 3.8) is 0 Å². The molecule has 1 aliphatic heterocycles. The first kappa shape index (κ1) is 15.3. The highest BCUT2D eigenvalue weighted by atomic mass is 16.5. The van der Waals surface area contributed by atoms with E-state index in [0.717, 1.165) is 24.2 Å². The third-order valence-electron chi connectivity index (χ3n) is 4.05. The van der Waals surface area contributed by atoms with Crippen LogP contribution in [-0.2, 0) is 13.0 Å². The zero-order valence-electron chi connectivity index (χ0n) is 13.5. The maximum atomic E-state index is 12.6. The van der Waals surface area contributed by atoms with Gasteiger partial charge in [0.2, 0.25) is 0 Å². The lowest BCUT2D eigenvalue weighted by Gasteiger charge is -2.13. The zero-order chi connectivity index (χ0) is 17.2. The van der Waals surface area contributed by atoms with Crippen LogP contribution in [0.2, 0.25) is 0 Å². The number of rotatable bonds is 4. The number of nitrogens with one attached hydrogen (secondary N) is 3. The molecule has 1 aliphatic rings. The molecule has 0 saturated heterocycles. The molecule has 25 heavy (non-hydrogen) atoms. The molecular weight excluding hydrogens is 324 g/mol. The van der Waals surface area contributed by atoms with Gasteiger partial charge in [-0.2, -0.15) is 9.78 Å². The fraction of sp³-hybridized carbons (Fsp3) is 0.267. The van der Waals surface area contributed by atoms with Gasteiger partial charge >= 0.3 is 0 Å². The van der Waals surface area contributed by atoms with Crippen molar-refractivity contribution in [1.29, 1.82) is 0 Å². The molecule has 0 saturated carbocycles. The van der Waals surface area contributed by atoms with E-state index in [-0.39, 0.29) is 5.91 Å². The summed E-state index contributed by atoms with van der Waals surface area (Å²) in [5.74, 6) is 0.320. The number of aromatic amines is 1. The molecule has 10 heteroatoms. The van der Waals surface area contributed by atoms with Crippen molar-refractivity contribution in [1.82, 2.24) is 35.7 Å². The lowest BCUT2D eigenvalue weighted by atomic mass is 10.1. The van der Waals surface area contributed by atoms with Crippen LogP contribution in [0.3, 0.4) is 0 Å². The number of H-pyrrole nitrogens is 1. The van der Waals surface area contributed by atoms with Crippen molar-refractivity contribution in [2.24, 2.45) is 0 Å². The van der Waals surface area contributed by atoms with Crippen LogP contribution < -0.4 is 15.4 Å². The Morgan fingerprint density at radius 3 is 3.12 bits per heavy atom. The molecule has 128 valence electrons. The van der Waals surface area contributed by atoms with Crippen molar-refractivity contribution in [2.45, 2.75) is 13.0 Å². The highest BCUT2D eigenvalue weighted by molar-refractivity contribution is 6.04. The van der Waals surface area contributed by atoms with Crippen molar-refractivity contribution in [3.8, 4) is 11.4 Å². The van der Waals surface area contributed by atoms with Gasteiger partial charge in [0.1, 0.15) is 17.8 Å². The van der Waals surface area contributed by atoms with Crippen molar-refractivity contribution in [2.75, 3.05) is 19.0 Å². The van der Waals surface area contributed by atoms with E-state index in [9.17, 15) is 4.79 Å². The van der Waals surface area contributed by atoms with Crippen LogP contribution >= 0.6 is 0 Å². The van der Waals surface area contributed by atoms with E-state index in [0.29, 0.717) is 29.4 Å². The summed E-state index contributed by atoms with van der Waals surface area (Å²) in [6, 6.07) is 5.24. The minimum atomic E-state index is -0.269. The van der Waals surface area contributed by atoms with E-state index in [2.05, 4.69) is 36.4 Å². The van der Waals surface area contributed by atoms with Crippen LogP contribution in [0.5, 0.6) is 5.75 Å². The summed E-state index contributed by atoms with van der Waals surface area (Å²) < 4.78 is 6.79. The van der Waals surface area contributed by atoms with Crippen LogP contribution in [0.4, 0.5) is 5.69 Å². The number of hydrogen-bond donors (Lipinski definition) is 3. The number of hydrogen-bond acceptors (Lipinski definition) is 7. The number of aromatic nitrogens is 6. The average molecular weight is 340 g/mol. The van der Waals surface area contributed by atoms with Gasteiger partial charge in [0.15, 0.2) is 5.69 Å². The summed E-state index contributed by atoms with van der Waals surface area (Å²) in [5, 5.41) is 24.3. The second-order valence-electron chi connectivity index (χ2n) is 5.55. The molecule has 0 atom stereocenters. The van der Waals surface area contributed by atoms with Gasteiger partial charge in [0.25, 0.3) is 5.91 Å². The second kappa shape index (κ2) is 6.32. The maximum absolute atomic E-state index is 12.6. The summed E-state index contributed by atoms with van der Waals surface area (Å²) in [7, 11) is 1.56. The van der Waals surface area contributed by atoms with Gasteiger partial charge in [-0.05, 0) is 28.6 Å². The molecule has 3 heterocycles. The van der Waals surface area contributed by atoms with Gasteiger partial charge in [0.05, 0.1) is 7.11 Å². The molecule has 3 N–H and O–H groups in total. The average Bonchev–Trinajstić information content (AvgIpc) is 3.31. The summed E-state index contributed by atoms with van der Waals surface area (Å²) in [5.41, 5.74) is 3.54. The van der Waals surface area contributed by atoms with E-state index < -0.39 is 0 Å². The predicted octanol–water partition coefficient (Wildman–Crippen LogP) is 0.292. The third kappa shape index (κ3) is 2.83. The molecule has 0 radical (unpaired) electrons. The zero-order valence-corrected chi connectivity index (χ0v) is 13.5. The molecule has 0 spiro atoms. The van der Waals surface area contributed by atoms with Crippen LogP contribution in [0.25, 0.3) is 5.69 Å². The van der Waals surface area contributed by atoms with E-state index in [1.807, 2.05) is 0 Å². The van der Waals surface area contributed by atoms with E-state index in [4.69, 9.17) is 4.74 Å². The minimum Gasteiger partial charge on any atom is -0.494 e. The monoisotopic (exact) mass is 340 g/mol. The molecule has 1 amide bonds. The van der Waals surface area contributed by atoms with Crippen molar-refractivity contribution >= 4 is 11.6 Å². The Morgan fingerprint density at radius 2 is 2.32 bits per heavy atom. The molecule has 0 fully saturated rings. The number of amides is 1. The molecule has 2 aromatic heterocycles. The molecule has 4 rings (SSSR count). The Bertz CT molecular complexity index is 902. The van der Waals surface area contributed by atoms with Gasteiger partial charge in [-0.25, -0.2) is 0 Å². The Hall–Kier alpha value is -3.27. The molecule has 10 nitrogen and oxygen atoms in total. The Kier molecular flexibility index (Phi) is 3.86. The number of tetrazole rings is 1. The standard InChI is InChI=1S/C15H16N8O2/c1-25-13-3-2-9(6-12(13)23-8-17-21-22-23)18-15(24)14-10-7-16-5-4-11(10)19-20-14/h2-3,6,8,16H,4-5,7H2,1H3,(H,18,24)(H,19,20). The van der Waals surface area contributed by atoms with E-state index >= 15 is 0 Å². The molecular formula is C15H16N8O2. The highest BCUT2D eigenvalue weighted by Gasteiger charge is 2.22. The van der Waals surface area contributed by atoms with E-state index in [1.165, 1.54) is 11.0 Å². The fourth-order valence-corrected chi connectivity index (χ4v) is 2.82. The normalized spacial score (nSPS) is 13.3. The topological polar surface area (TPSA) is 123 Å². The fourth-order valence-electron chi connectivity index (χ4n) is 2.82. The SMILES string of the molecule is COc1ccc(NC(=O)c2n[nH]c3c2CNCC3)cc1-n1cnnn1. The molecule has 0 unspecified atom stereocenters. The summed E-state index contributed by atoms with van der Waals surface area (Å²) in [6.07, 6.45) is 2.29. The lowest BCUT2D eigenvalue weighted by molar-refractivity contribution is 0.102. The summed E-state index contributed by atoms with van der Waals surface area (Å²) in [4.78, 5) is 12.6. The number of carbonyl (C=O) groups excluding carboxylic acids is 1. The number of ether oxygens (including phenoxy) is 1. The second-order valence-corrected chi connectivity index (χ2v) is 5.55. The Morgan fingerprint density at radius 1 is 1.40 bits per heavy atom. The molecule has 0 bridgehead atoms. The summed E-state index contributed by atoms with van der Waals surface area (Å²) in [6.45, 7) is 1.51. The van der Waals surface area contributed by atoms with Crippen molar-refractivity contribution in [3.05, 3.63) is 41.5 Å². The maximum Gasteiger partial charge on any atom is 0.276 e. The quantitative estimate of drug-likeness (QED) is 0.624. The number of fused-ring (bicyclic) bond motifs is 1. The predicted molar refractivity (Wildman–Crippen MR) is 87.7 cm³/mol. The van der Waals surface area contributed by atoms with Crippen molar-refractivity contribution < 1.29 is 9.53 Å². The first-order chi connectivity index (χ1) is 12.3. The Labute approximate surface area is 142 Å². The van der Waals surface area contributed by atoms with Crippen LogP contribution in [0.1, 0.15) is 21.7 Å². The largest absolute Gasteiger partial charge is 0.494 e. The number of nitrogens with zero attached hydrogens (tertiary/aromatic N) is 5. The number of benzene rings is 1. The molecule has 1 aromatic carbocycles. The van der Waals surface area contributed by atoms with Gasteiger partial charge < -0.3 is 15.4 Å². The van der Waals surface area contributed by atoms with Crippen LogP contribution in [0, 0.1) is 0 Å². The number of methoxy groups -OCH3 is 1. The van der Waals surface area contributed by atoms with E-state index in [1.54, 1.807) is 25.3 Å².